The fraction of sp³-hybridized carbons (Fsp3) is 0.700. The summed E-state index contributed by atoms with van der Waals surface area (Å²) in [5.41, 5.74) is 3.18. The third-order valence-electron chi connectivity index (χ3n) is 6.12. The van der Waals surface area contributed by atoms with Gasteiger partial charge in [-0.1, -0.05) is 31.2 Å². The topological polar surface area (TPSA) is 13.0 Å². The Kier molecular flexibility index (Phi) is 5.18. The van der Waals surface area contributed by atoms with E-state index in [9.17, 15) is 0 Å². The van der Waals surface area contributed by atoms with E-state index >= 15 is 0 Å². The van der Waals surface area contributed by atoms with Gasteiger partial charge in [0.1, 0.15) is 0 Å². The zero-order chi connectivity index (χ0) is 16.4. The molecule has 132 valence electrons. The molecule has 1 aliphatic carbocycles. The number of rotatable bonds is 4. The number of benzene rings is 1. The van der Waals surface area contributed by atoms with Crippen molar-refractivity contribution in [1.82, 2.24) is 19.8 Å². The van der Waals surface area contributed by atoms with Crippen LogP contribution in [-0.4, -0.2) is 78.7 Å². The molecule has 2 fully saturated rings. The highest BCUT2D eigenvalue weighted by atomic mass is 15.6. The second-order valence-electron chi connectivity index (χ2n) is 7.54. The lowest BCUT2D eigenvalue weighted by Gasteiger charge is -2.46. The molecule has 0 amide bonds. The number of fused-ring (bicyclic) bond motifs is 1. The second-order valence-corrected chi connectivity index (χ2v) is 7.54. The molecule has 1 unspecified atom stereocenters. The second kappa shape index (κ2) is 7.52. The molecule has 0 aromatic heterocycles. The van der Waals surface area contributed by atoms with Crippen LogP contribution in [0.3, 0.4) is 0 Å². The van der Waals surface area contributed by atoms with E-state index in [1.54, 1.807) is 11.1 Å². The van der Waals surface area contributed by atoms with Crippen LogP contribution in [0.15, 0.2) is 24.3 Å². The predicted octanol–water partition coefficient (Wildman–Crippen LogP) is 2.23. The van der Waals surface area contributed by atoms with E-state index < -0.39 is 0 Å². The largest absolute Gasteiger partial charge is 0.301 e. The van der Waals surface area contributed by atoms with Crippen LogP contribution in [0.1, 0.15) is 36.9 Å². The van der Waals surface area contributed by atoms with Crippen molar-refractivity contribution in [1.29, 1.82) is 0 Å². The van der Waals surface area contributed by atoms with Gasteiger partial charge in [-0.15, -0.1) is 0 Å². The third kappa shape index (κ3) is 3.38. The smallest absolute Gasteiger partial charge is 0.0355 e. The van der Waals surface area contributed by atoms with Crippen LogP contribution in [0.2, 0.25) is 0 Å². The van der Waals surface area contributed by atoms with Crippen LogP contribution in [0.25, 0.3) is 0 Å². The number of nitrogens with zero attached hydrogens (tertiary/aromatic N) is 4. The monoisotopic (exact) mass is 328 g/mol. The molecule has 4 heteroatoms. The molecular weight excluding hydrogens is 296 g/mol. The first-order valence-corrected chi connectivity index (χ1v) is 9.89. The normalized spacial score (nSPS) is 27.5. The molecule has 0 spiro atoms. The van der Waals surface area contributed by atoms with Gasteiger partial charge in [-0.3, -0.25) is 4.90 Å². The van der Waals surface area contributed by atoms with Gasteiger partial charge in [-0.25, -0.2) is 10.0 Å². The van der Waals surface area contributed by atoms with Gasteiger partial charge < -0.3 is 4.90 Å². The first kappa shape index (κ1) is 16.5. The lowest BCUT2D eigenvalue weighted by atomic mass is 10.1. The summed E-state index contributed by atoms with van der Waals surface area (Å²) in [7, 11) is 0. The Hall–Kier alpha value is -0.940. The predicted molar refractivity (Wildman–Crippen MR) is 99.0 cm³/mol. The standard InChI is InChI=1S/C20H32N4/c1-2-9-21-10-14-23(15-11-21)24-16-12-22(13-17-24)20-8-7-18-5-3-4-6-19(18)20/h3-6,20H,2,7-17H2,1H3. The average Bonchev–Trinajstić information content (AvgIpc) is 3.07. The van der Waals surface area contributed by atoms with E-state index in [0.717, 1.165) is 0 Å². The van der Waals surface area contributed by atoms with Crippen molar-refractivity contribution in [3.63, 3.8) is 0 Å². The zero-order valence-electron chi connectivity index (χ0n) is 15.2. The van der Waals surface area contributed by atoms with E-state index in [2.05, 4.69) is 51.0 Å². The van der Waals surface area contributed by atoms with Gasteiger partial charge in [0.25, 0.3) is 0 Å². The molecule has 0 radical (unpaired) electrons. The minimum absolute atomic E-state index is 0.671. The molecule has 3 aliphatic rings. The summed E-state index contributed by atoms with van der Waals surface area (Å²) in [4.78, 5) is 5.35. The van der Waals surface area contributed by atoms with E-state index in [1.807, 2.05) is 0 Å². The van der Waals surface area contributed by atoms with Crippen LogP contribution in [-0.2, 0) is 6.42 Å². The fourth-order valence-electron chi connectivity index (χ4n) is 4.78. The van der Waals surface area contributed by atoms with E-state index in [4.69, 9.17) is 0 Å². The molecule has 1 atom stereocenters. The van der Waals surface area contributed by atoms with Crippen molar-refractivity contribution < 1.29 is 0 Å². The first-order chi connectivity index (χ1) is 11.8. The minimum Gasteiger partial charge on any atom is -0.301 e. The van der Waals surface area contributed by atoms with Crippen LogP contribution >= 0.6 is 0 Å². The van der Waals surface area contributed by atoms with Crippen molar-refractivity contribution in [2.45, 2.75) is 32.2 Å². The van der Waals surface area contributed by atoms with Gasteiger partial charge in [-0.2, -0.15) is 0 Å². The van der Waals surface area contributed by atoms with Crippen molar-refractivity contribution in [2.75, 3.05) is 58.9 Å². The maximum atomic E-state index is 2.73. The van der Waals surface area contributed by atoms with Crippen molar-refractivity contribution in [2.24, 2.45) is 0 Å². The van der Waals surface area contributed by atoms with Crippen molar-refractivity contribution in [3.8, 4) is 0 Å². The van der Waals surface area contributed by atoms with Crippen molar-refractivity contribution in [3.05, 3.63) is 35.4 Å². The Morgan fingerprint density at radius 3 is 2.25 bits per heavy atom. The summed E-state index contributed by atoms with van der Waals surface area (Å²) in [6, 6.07) is 9.75. The molecular formula is C20H32N4. The number of hydrazine groups is 1. The Morgan fingerprint density at radius 2 is 1.54 bits per heavy atom. The van der Waals surface area contributed by atoms with E-state index in [1.165, 1.54) is 78.2 Å². The summed E-state index contributed by atoms with van der Waals surface area (Å²) in [6.45, 7) is 13.3. The van der Waals surface area contributed by atoms with Gasteiger partial charge in [0.15, 0.2) is 0 Å². The highest BCUT2D eigenvalue weighted by Gasteiger charge is 2.31. The lowest BCUT2D eigenvalue weighted by molar-refractivity contribution is -0.0866. The van der Waals surface area contributed by atoms with Crippen LogP contribution in [0.4, 0.5) is 0 Å². The summed E-state index contributed by atoms with van der Waals surface area (Å²) in [5.74, 6) is 0. The van der Waals surface area contributed by atoms with Gasteiger partial charge in [-0.05, 0) is 36.9 Å². The van der Waals surface area contributed by atoms with Crippen LogP contribution < -0.4 is 0 Å². The Labute approximate surface area is 147 Å². The van der Waals surface area contributed by atoms with Crippen molar-refractivity contribution >= 4 is 0 Å². The fourth-order valence-corrected chi connectivity index (χ4v) is 4.78. The zero-order valence-corrected chi connectivity index (χ0v) is 15.2. The SMILES string of the molecule is CCCN1CCN(N2CCN(C3CCc4ccccc43)CC2)CC1. The Balaban J connectivity index is 1.29. The summed E-state index contributed by atoms with van der Waals surface area (Å²) in [5, 5.41) is 5.24. The molecule has 0 bridgehead atoms. The maximum Gasteiger partial charge on any atom is 0.0355 e. The molecule has 24 heavy (non-hydrogen) atoms. The highest BCUT2D eigenvalue weighted by molar-refractivity contribution is 5.34. The Bertz CT molecular complexity index is 530. The average molecular weight is 329 g/mol. The van der Waals surface area contributed by atoms with Gasteiger partial charge in [0, 0.05) is 58.4 Å². The number of hydrogen-bond acceptors (Lipinski definition) is 4. The van der Waals surface area contributed by atoms with Crippen LogP contribution in [0, 0.1) is 0 Å². The van der Waals surface area contributed by atoms with Gasteiger partial charge >= 0.3 is 0 Å². The number of hydrogen-bond donors (Lipinski definition) is 0. The molecule has 0 N–H and O–H groups in total. The third-order valence-corrected chi connectivity index (χ3v) is 6.12. The molecule has 2 heterocycles. The maximum absolute atomic E-state index is 2.73. The highest BCUT2D eigenvalue weighted by Crippen LogP contribution is 2.36. The van der Waals surface area contributed by atoms with Gasteiger partial charge in [0.2, 0.25) is 0 Å². The summed E-state index contributed by atoms with van der Waals surface area (Å²) in [6.07, 6.45) is 3.86. The Morgan fingerprint density at radius 1 is 0.875 bits per heavy atom. The number of aryl methyl sites for hydroxylation is 1. The minimum atomic E-state index is 0.671. The number of piperazine rings is 2. The lowest BCUT2D eigenvalue weighted by Crippen LogP contribution is -2.59. The van der Waals surface area contributed by atoms with E-state index in [-0.39, 0.29) is 0 Å². The molecule has 2 saturated heterocycles. The molecule has 0 saturated carbocycles. The van der Waals surface area contributed by atoms with Crippen LogP contribution in [0.5, 0.6) is 0 Å². The summed E-state index contributed by atoms with van der Waals surface area (Å²) < 4.78 is 0. The summed E-state index contributed by atoms with van der Waals surface area (Å²) >= 11 is 0. The molecule has 1 aromatic rings. The van der Waals surface area contributed by atoms with Gasteiger partial charge in [0.05, 0.1) is 0 Å². The van der Waals surface area contributed by atoms with E-state index in [0.29, 0.717) is 6.04 Å². The molecule has 2 aliphatic heterocycles. The quantitative estimate of drug-likeness (QED) is 0.840. The molecule has 1 aromatic carbocycles. The first-order valence-electron chi connectivity index (χ1n) is 9.89. The molecule has 4 nitrogen and oxygen atoms in total. The molecule has 4 rings (SSSR count).